The number of nitrogens with zero attached hydrogens (tertiary/aromatic N) is 1. The summed E-state index contributed by atoms with van der Waals surface area (Å²) in [7, 11) is 0. The van der Waals surface area contributed by atoms with Crippen LogP contribution in [-0.4, -0.2) is 52.9 Å². The average molecular weight is 552 g/mol. The van der Waals surface area contributed by atoms with Gasteiger partial charge in [-0.25, -0.2) is 4.39 Å². The molecule has 0 bridgehead atoms. The minimum Gasteiger partial charge on any atom is -0.504 e. The van der Waals surface area contributed by atoms with Crippen LogP contribution in [0.15, 0.2) is 48.6 Å². The highest BCUT2D eigenvalue weighted by Crippen LogP contribution is 2.42. The first-order valence-corrected chi connectivity index (χ1v) is 12.7. The lowest BCUT2D eigenvalue weighted by molar-refractivity contribution is -0.189. The Morgan fingerprint density at radius 1 is 1.03 bits per heavy atom. The molecule has 0 spiro atoms. The Kier molecular flexibility index (Phi) is 8.98. The highest BCUT2D eigenvalue weighted by atomic mass is 19.4. The summed E-state index contributed by atoms with van der Waals surface area (Å²) in [6.45, 7) is 3.08. The van der Waals surface area contributed by atoms with Crippen LogP contribution >= 0.6 is 0 Å². The minimum atomic E-state index is -4.75. The van der Waals surface area contributed by atoms with E-state index < -0.39 is 35.5 Å². The Balaban J connectivity index is 1.64. The number of aromatic hydroxyl groups is 2. The standard InChI is InChI=1S/C29H33F4NO5/c1-4-7-19-16-21(28(3,18-30)29(31,32)33)9-11-24(19)39-15-6-5-14-34-25(37)12-13-27(2,26(34)38)20-8-10-22(35)23(36)17-20/h8-13,16-17,35-36H,4-7,14-15,18H2,1-3H3. The van der Waals surface area contributed by atoms with E-state index in [9.17, 15) is 37.4 Å². The summed E-state index contributed by atoms with van der Waals surface area (Å²) in [5, 5.41) is 19.4. The van der Waals surface area contributed by atoms with Crippen LogP contribution in [0.2, 0.25) is 0 Å². The molecule has 2 aromatic carbocycles. The summed E-state index contributed by atoms with van der Waals surface area (Å²) in [6.07, 6.45) is -0.000588. The lowest BCUT2D eigenvalue weighted by Crippen LogP contribution is -2.50. The summed E-state index contributed by atoms with van der Waals surface area (Å²) < 4.78 is 59.9. The smallest absolute Gasteiger partial charge is 0.400 e. The van der Waals surface area contributed by atoms with Crippen molar-refractivity contribution in [3.63, 3.8) is 0 Å². The van der Waals surface area contributed by atoms with Crippen LogP contribution in [0.3, 0.4) is 0 Å². The fraction of sp³-hybridized carbons (Fsp3) is 0.448. The van der Waals surface area contributed by atoms with Gasteiger partial charge in [-0.2, -0.15) is 13.2 Å². The lowest BCUT2D eigenvalue weighted by Gasteiger charge is -2.34. The quantitative estimate of drug-likeness (QED) is 0.158. The number of alkyl halides is 4. The largest absolute Gasteiger partial charge is 0.504 e. The molecule has 6 nitrogen and oxygen atoms in total. The highest BCUT2D eigenvalue weighted by Gasteiger charge is 2.52. The summed E-state index contributed by atoms with van der Waals surface area (Å²) in [5.74, 6) is -1.23. The van der Waals surface area contributed by atoms with Gasteiger partial charge in [-0.05, 0) is 68.0 Å². The van der Waals surface area contributed by atoms with Gasteiger partial charge >= 0.3 is 6.18 Å². The number of carbonyl (C=O) groups is 2. The van der Waals surface area contributed by atoms with Gasteiger partial charge < -0.3 is 14.9 Å². The number of phenolic OH excluding ortho intramolecular Hbond substituents is 2. The molecule has 0 saturated carbocycles. The van der Waals surface area contributed by atoms with Gasteiger partial charge in [0.2, 0.25) is 5.91 Å². The number of halogens is 4. The van der Waals surface area contributed by atoms with Crippen molar-refractivity contribution in [3.05, 3.63) is 65.2 Å². The van der Waals surface area contributed by atoms with Crippen molar-refractivity contribution < 1.29 is 42.1 Å². The average Bonchev–Trinajstić information content (AvgIpc) is 2.89. The predicted octanol–water partition coefficient (Wildman–Crippen LogP) is 5.88. The maximum Gasteiger partial charge on any atom is 0.400 e. The first-order valence-electron chi connectivity index (χ1n) is 12.7. The van der Waals surface area contributed by atoms with Crippen molar-refractivity contribution >= 4 is 11.8 Å². The van der Waals surface area contributed by atoms with E-state index in [4.69, 9.17) is 4.74 Å². The van der Waals surface area contributed by atoms with Gasteiger partial charge in [0.25, 0.3) is 5.91 Å². The summed E-state index contributed by atoms with van der Waals surface area (Å²) in [6, 6.07) is 8.08. The van der Waals surface area contributed by atoms with Crippen molar-refractivity contribution in [3.8, 4) is 17.2 Å². The molecule has 1 heterocycles. The lowest BCUT2D eigenvalue weighted by atomic mass is 9.78. The number of ether oxygens (including phenoxy) is 1. The topological polar surface area (TPSA) is 87.1 Å². The van der Waals surface area contributed by atoms with Crippen molar-refractivity contribution in [2.24, 2.45) is 0 Å². The number of hydrogen-bond donors (Lipinski definition) is 2. The molecule has 2 unspecified atom stereocenters. The molecule has 2 aromatic rings. The van der Waals surface area contributed by atoms with Crippen LogP contribution in [-0.2, 0) is 26.8 Å². The van der Waals surface area contributed by atoms with Crippen LogP contribution in [0.1, 0.15) is 56.7 Å². The van der Waals surface area contributed by atoms with Gasteiger partial charge in [-0.1, -0.05) is 37.6 Å². The summed E-state index contributed by atoms with van der Waals surface area (Å²) >= 11 is 0. The molecule has 0 aromatic heterocycles. The van der Waals surface area contributed by atoms with E-state index in [1.165, 1.54) is 48.6 Å². The van der Waals surface area contributed by atoms with Crippen LogP contribution in [0.5, 0.6) is 17.2 Å². The molecule has 39 heavy (non-hydrogen) atoms. The number of hydrogen-bond acceptors (Lipinski definition) is 5. The molecule has 0 aliphatic carbocycles. The number of carbonyl (C=O) groups excluding carboxylic acids is 2. The Morgan fingerprint density at radius 3 is 2.36 bits per heavy atom. The number of unbranched alkanes of at least 4 members (excludes halogenated alkanes) is 1. The van der Waals surface area contributed by atoms with E-state index in [-0.39, 0.29) is 30.2 Å². The molecule has 2 atom stereocenters. The Hall–Kier alpha value is -3.56. The fourth-order valence-electron chi connectivity index (χ4n) is 4.46. The molecule has 1 aliphatic rings. The van der Waals surface area contributed by atoms with Gasteiger partial charge in [0, 0.05) is 12.6 Å². The van der Waals surface area contributed by atoms with E-state index in [0.29, 0.717) is 42.6 Å². The first-order chi connectivity index (χ1) is 18.3. The zero-order valence-corrected chi connectivity index (χ0v) is 22.1. The van der Waals surface area contributed by atoms with Gasteiger partial charge in [0.1, 0.15) is 17.8 Å². The predicted molar refractivity (Wildman–Crippen MR) is 138 cm³/mol. The zero-order valence-electron chi connectivity index (χ0n) is 22.1. The van der Waals surface area contributed by atoms with Gasteiger partial charge in [0.15, 0.2) is 11.5 Å². The second-order valence-corrected chi connectivity index (χ2v) is 10.1. The molecule has 0 fully saturated rings. The van der Waals surface area contributed by atoms with E-state index in [0.717, 1.165) is 11.8 Å². The van der Waals surface area contributed by atoms with Gasteiger partial charge in [-0.3, -0.25) is 14.5 Å². The van der Waals surface area contributed by atoms with Crippen LogP contribution < -0.4 is 4.74 Å². The van der Waals surface area contributed by atoms with Crippen LogP contribution in [0, 0.1) is 0 Å². The highest BCUT2D eigenvalue weighted by molar-refractivity contribution is 6.09. The molecule has 3 rings (SSSR count). The number of phenols is 2. The second kappa shape index (κ2) is 11.7. The Bertz CT molecular complexity index is 1240. The molecule has 0 saturated heterocycles. The molecule has 1 aliphatic heterocycles. The van der Waals surface area contributed by atoms with Crippen molar-refractivity contribution in [1.29, 1.82) is 0 Å². The van der Waals surface area contributed by atoms with Crippen molar-refractivity contribution in [1.82, 2.24) is 4.90 Å². The van der Waals surface area contributed by atoms with Gasteiger partial charge in [0.05, 0.1) is 12.0 Å². The molecular weight excluding hydrogens is 518 g/mol. The Labute approximate surface area is 224 Å². The number of imide groups is 1. The molecule has 212 valence electrons. The van der Waals surface area contributed by atoms with E-state index in [2.05, 4.69) is 0 Å². The maximum absolute atomic E-state index is 13.5. The normalized spacial score (nSPS) is 19.3. The zero-order chi connectivity index (χ0) is 29.0. The third-order valence-electron chi connectivity index (χ3n) is 7.23. The van der Waals surface area contributed by atoms with Gasteiger partial charge in [-0.15, -0.1) is 0 Å². The van der Waals surface area contributed by atoms with E-state index in [1.807, 2.05) is 6.92 Å². The Morgan fingerprint density at radius 2 is 1.74 bits per heavy atom. The number of aryl methyl sites for hydroxylation is 1. The first kappa shape index (κ1) is 30.0. The monoisotopic (exact) mass is 551 g/mol. The minimum absolute atomic E-state index is 0.117. The fourth-order valence-corrected chi connectivity index (χ4v) is 4.46. The van der Waals surface area contributed by atoms with E-state index in [1.54, 1.807) is 6.92 Å². The summed E-state index contributed by atoms with van der Waals surface area (Å²) in [5.41, 5.74) is -3.01. The molecule has 2 N–H and O–H groups in total. The maximum atomic E-state index is 13.5. The number of benzene rings is 2. The third-order valence-corrected chi connectivity index (χ3v) is 7.23. The molecule has 2 amide bonds. The van der Waals surface area contributed by atoms with Crippen molar-refractivity contribution in [2.45, 2.75) is 63.5 Å². The summed E-state index contributed by atoms with van der Waals surface area (Å²) in [4.78, 5) is 26.8. The molecule has 0 radical (unpaired) electrons. The van der Waals surface area contributed by atoms with Crippen molar-refractivity contribution in [2.75, 3.05) is 19.8 Å². The second-order valence-electron chi connectivity index (χ2n) is 10.1. The number of rotatable bonds is 11. The van der Waals surface area contributed by atoms with Crippen LogP contribution in [0.4, 0.5) is 17.6 Å². The molecular formula is C29H33F4NO5. The number of amides is 2. The van der Waals surface area contributed by atoms with E-state index >= 15 is 0 Å². The molecule has 10 heteroatoms. The SMILES string of the molecule is CCCc1cc(C(C)(CF)C(F)(F)F)ccc1OCCCCN1C(=O)C=CC(C)(c2ccc(O)c(O)c2)C1=O. The van der Waals surface area contributed by atoms with Crippen LogP contribution in [0.25, 0.3) is 0 Å². The third kappa shape index (κ3) is 6.04.